The zero-order valence-corrected chi connectivity index (χ0v) is 10.1. The van der Waals surface area contributed by atoms with Gasteiger partial charge in [0.1, 0.15) is 0 Å². The molecule has 0 nitrogen and oxygen atoms in total. The van der Waals surface area contributed by atoms with Crippen molar-refractivity contribution in [2.45, 2.75) is 6.42 Å². The van der Waals surface area contributed by atoms with Crippen molar-refractivity contribution in [2.24, 2.45) is 5.92 Å². The van der Waals surface area contributed by atoms with Gasteiger partial charge >= 0.3 is 0 Å². The summed E-state index contributed by atoms with van der Waals surface area (Å²) in [5, 5.41) is 5.37. The van der Waals surface area contributed by atoms with E-state index in [2.05, 4.69) is 66.8 Å². The van der Waals surface area contributed by atoms with E-state index in [9.17, 15) is 0 Å². The minimum Gasteiger partial charge on any atom is -0.0838 e. The third-order valence-electron chi connectivity index (χ3n) is 3.85. The third-order valence-corrected chi connectivity index (χ3v) is 3.85. The van der Waals surface area contributed by atoms with Crippen molar-refractivity contribution < 1.29 is 0 Å². The van der Waals surface area contributed by atoms with Crippen molar-refractivity contribution in [3.63, 3.8) is 0 Å². The first kappa shape index (κ1) is 9.90. The predicted molar refractivity (Wildman–Crippen MR) is 77.5 cm³/mol. The van der Waals surface area contributed by atoms with Crippen LogP contribution in [-0.4, -0.2) is 0 Å². The molecule has 4 rings (SSSR count). The van der Waals surface area contributed by atoms with Crippen LogP contribution in [0.3, 0.4) is 0 Å². The van der Waals surface area contributed by atoms with Crippen LogP contribution in [0.2, 0.25) is 0 Å². The Morgan fingerprint density at radius 2 is 1.72 bits per heavy atom. The normalized spacial score (nSPS) is 20.4. The van der Waals surface area contributed by atoms with E-state index in [0.29, 0.717) is 5.92 Å². The Morgan fingerprint density at radius 1 is 0.944 bits per heavy atom. The van der Waals surface area contributed by atoms with E-state index >= 15 is 0 Å². The van der Waals surface area contributed by atoms with E-state index in [1.807, 2.05) is 0 Å². The molecule has 0 N–H and O–H groups in total. The summed E-state index contributed by atoms with van der Waals surface area (Å²) in [5.41, 5.74) is 1.44. The lowest BCUT2D eigenvalue weighted by Crippen LogP contribution is -2.29. The van der Waals surface area contributed by atoms with Crippen LogP contribution in [0.15, 0.2) is 60.2 Å². The van der Waals surface area contributed by atoms with Gasteiger partial charge < -0.3 is 0 Å². The van der Waals surface area contributed by atoms with Crippen LogP contribution < -0.4 is 10.4 Å². The molecule has 0 saturated heterocycles. The van der Waals surface area contributed by atoms with Crippen LogP contribution in [0.1, 0.15) is 6.42 Å². The van der Waals surface area contributed by atoms with Crippen molar-refractivity contribution in [3.8, 4) is 0 Å². The summed E-state index contributed by atoms with van der Waals surface area (Å²) >= 11 is 0. The molecule has 0 aromatic heterocycles. The second-order valence-corrected chi connectivity index (χ2v) is 5.03. The summed E-state index contributed by atoms with van der Waals surface area (Å²) in [6, 6.07) is 13.2. The monoisotopic (exact) mass is 230 g/mol. The molecule has 2 aromatic carbocycles. The van der Waals surface area contributed by atoms with Crippen LogP contribution in [0.25, 0.3) is 22.9 Å². The van der Waals surface area contributed by atoms with Crippen molar-refractivity contribution in [2.75, 3.05) is 0 Å². The molecule has 0 heterocycles. The third kappa shape index (κ3) is 1.46. The molecule has 2 aliphatic rings. The zero-order valence-electron chi connectivity index (χ0n) is 10.1. The van der Waals surface area contributed by atoms with Gasteiger partial charge in [0.05, 0.1) is 0 Å². The molecular weight excluding hydrogens is 216 g/mol. The number of fused-ring (bicyclic) bond motifs is 3. The van der Waals surface area contributed by atoms with E-state index < -0.39 is 0 Å². The Labute approximate surface area is 106 Å². The summed E-state index contributed by atoms with van der Waals surface area (Å²) < 4.78 is 0. The van der Waals surface area contributed by atoms with Gasteiger partial charge in [0.15, 0.2) is 0 Å². The fourth-order valence-corrected chi connectivity index (χ4v) is 2.90. The van der Waals surface area contributed by atoms with Gasteiger partial charge in [0, 0.05) is 5.92 Å². The highest BCUT2D eigenvalue weighted by molar-refractivity contribution is 5.83. The minimum atomic E-state index is 0.479. The Morgan fingerprint density at radius 3 is 2.56 bits per heavy atom. The van der Waals surface area contributed by atoms with E-state index in [4.69, 9.17) is 0 Å². The maximum absolute atomic E-state index is 2.38. The van der Waals surface area contributed by atoms with Gasteiger partial charge in [-0.25, -0.2) is 0 Å². The molecule has 86 valence electrons. The highest BCUT2D eigenvalue weighted by Crippen LogP contribution is 2.23. The lowest BCUT2D eigenvalue weighted by Gasteiger charge is -2.17. The molecule has 0 fully saturated rings. The molecule has 0 amide bonds. The minimum absolute atomic E-state index is 0.479. The smallest absolute Gasteiger partial charge is 0.0205 e. The fraction of sp³-hybridized carbons (Fsp3) is 0.111. The first-order chi connectivity index (χ1) is 8.90. The van der Waals surface area contributed by atoms with Gasteiger partial charge in [-0.3, -0.25) is 0 Å². The average molecular weight is 230 g/mol. The SMILES string of the molecule is C1=C[C@H]2C=c3cc4ccccc4cc3=CC2=CC1. The molecule has 2 aliphatic carbocycles. The second kappa shape index (κ2) is 3.71. The number of hydrogen-bond donors (Lipinski definition) is 0. The van der Waals surface area contributed by atoms with Crippen LogP contribution in [0.5, 0.6) is 0 Å². The Balaban J connectivity index is 2.08. The van der Waals surface area contributed by atoms with Crippen molar-refractivity contribution in [3.05, 3.63) is 70.6 Å². The summed E-state index contributed by atoms with van der Waals surface area (Å²) in [4.78, 5) is 0. The molecule has 0 heteroatoms. The molecule has 1 atom stereocenters. The van der Waals surface area contributed by atoms with Crippen LogP contribution in [0, 0.1) is 5.92 Å². The fourth-order valence-electron chi connectivity index (χ4n) is 2.90. The van der Waals surface area contributed by atoms with Gasteiger partial charge in [0.2, 0.25) is 0 Å². The number of rotatable bonds is 0. The number of benzene rings is 2. The lowest BCUT2D eigenvalue weighted by atomic mass is 9.87. The first-order valence-corrected chi connectivity index (χ1v) is 6.49. The molecule has 0 radical (unpaired) electrons. The van der Waals surface area contributed by atoms with Gasteiger partial charge in [-0.1, -0.05) is 54.6 Å². The van der Waals surface area contributed by atoms with Crippen molar-refractivity contribution in [1.82, 2.24) is 0 Å². The van der Waals surface area contributed by atoms with Gasteiger partial charge in [-0.15, -0.1) is 0 Å². The molecular formula is C18H14. The lowest BCUT2D eigenvalue weighted by molar-refractivity contribution is 1.01. The maximum Gasteiger partial charge on any atom is 0.0205 e. The molecule has 0 unspecified atom stereocenters. The quantitative estimate of drug-likeness (QED) is 0.610. The van der Waals surface area contributed by atoms with Crippen molar-refractivity contribution in [1.29, 1.82) is 0 Å². The maximum atomic E-state index is 2.38. The standard InChI is InChI=1S/C18H14/c1-2-6-14-10-18-12-16-8-4-3-7-15(16)11-17(18)9-13(14)5-1/h1-3,5-12,15H,4H2/t15-/m0/s1. The Kier molecular flexibility index (Phi) is 2.04. The summed E-state index contributed by atoms with van der Waals surface area (Å²) in [5.74, 6) is 0.479. The molecule has 0 aliphatic heterocycles. The van der Waals surface area contributed by atoms with Crippen LogP contribution in [-0.2, 0) is 0 Å². The van der Waals surface area contributed by atoms with Gasteiger partial charge in [-0.05, 0) is 45.3 Å². The highest BCUT2D eigenvalue weighted by atomic mass is 14.2. The summed E-state index contributed by atoms with van der Waals surface area (Å²) in [6.07, 6.45) is 12.7. The average Bonchev–Trinajstić information content (AvgIpc) is 2.42. The summed E-state index contributed by atoms with van der Waals surface area (Å²) in [6.45, 7) is 0. The van der Waals surface area contributed by atoms with Gasteiger partial charge in [-0.2, -0.15) is 0 Å². The van der Waals surface area contributed by atoms with Gasteiger partial charge in [0.25, 0.3) is 0 Å². The van der Waals surface area contributed by atoms with E-state index in [1.54, 1.807) is 0 Å². The highest BCUT2D eigenvalue weighted by Gasteiger charge is 2.12. The van der Waals surface area contributed by atoms with E-state index in [-0.39, 0.29) is 0 Å². The second-order valence-electron chi connectivity index (χ2n) is 5.03. The van der Waals surface area contributed by atoms with Crippen molar-refractivity contribution >= 4 is 22.9 Å². The Hall–Kier alpha value is -2.08. The largest absolute Gasteiger partial charge is 0.0838 e. The van der Waals surface area contributed by atoms with E-state index in [0.717, 1.165) is 6.42 Å². The van der Waals surface area contributed by atoms with E-state index in [1.165, 1.54) is 26.8 Å². The molecule has 0 saturated carbocycles. The first-order valence-electron chi connectivity index (χ1n) is 6.49. The van der Waals surface area contributed by atoms with Crippen LogP contribution in [0.4, 0.5) is 0 Å². The Bertz CT molecular complexity index is 804. The molecule has 18 heavy (non-hydrogen) atoms. The molecule has 0 spiro atoms. The summed E-state index contributed by atoms with van der Waals surface area (Å²) in [7, 11) is 0. The topological polar surface area (TPSA) is 0 Å². The molecule has 2 aromatic rings. The zero-order chi connectivity index (χ0) is 11.9. The number of hydrogen-bond acceptors (Lipinski definition) is 0. The predicted octanol–water partition coefficient (Wildman–Crippen LogP) is 2.92. The molecule has 0 bridgehead atoms. The number of allylic oxidation sites excluding steroid dienone is 4. The van der Waals surface area contributed by atoms with Crippen LogP contribution >= 0.6 is 0 Å².